The van der Waals surface area contributed by atoms with Crippen molar-refractivity contribution in [2.45, 2.75) is 26.2 Å². The van der Waals surface area contributed by atoms with Crippen molar-refractivity contribution < 1.29 is 4.39 Å². The molecular formula is C8H10FIN2. The average molecular weight is 280 g/mol. The Hall–Kier alpha value is -0.260. The fourth-order valence-corrected chi connectivity index (χ4v) is 1.93. The summed E-state index contributed by atoms with van der Waals surface area (Å²) < 4.78 is 13.5. The molecule has 2 nitrogen and oxygen atoms in total. The zero-order chi connectivity index (χ0) is 9.35. The predicted molar refractivity (Wildman–Crippen MR) is 53.4 cm³/mol. The van der Waals surface area contributed by atoms with Gasteiger partial charge >= 0.3 is 0 Å². The van der Waals surface area contributed by atoms with Crippen molar-refractivity contribution in [3.05, 3.63) is 21.3 Å². The largest absolute Gasteiger partial charge is 0.246 e. The van der Waals surface area contributed by atoms with Gasteiger partial charge in [0.15, 0.2) is 0 Å². The second kappa shape index (κ2) is 3.24. The minimum Gasteiger partial charge on any atom is -0.182 e. The number of hydrogen-bond acceptors (Lipinski definition) is 2. The van der Waals surface area contributed by atoms with Gasteiger partial charge in [-0.2, -0.15) is 9.49 Å². The van der Waals surface area contributed by atoms with Gasteiger partial charge in [0.2, 0.25) is 5.95 Å². The maximum Gasteiger partial charge on any atom is 0.246 e. The Morgan fingerprint density at radius 3 is 2.42 bits per heavy atom. The van der Waals surface area contributed by atoms with Gasteiger partial charge < -0.3 is 0 Å². The van der Waals surface area contributed by atoms with Gasteiger partial charge in [-0.3, -0.25) is 0 Å². The van der Waals surface area contributed by atoms with Crippen LogP contribution in [-0.2, 0) is 5.41 Å². The number of hydrogen-bond donors (Lipinski definition) is 0. The van der Waals surface area contributed by atoms with E-state index in [0.717, 1.165) is 5.56 Å². The summed E-state index contributed by atoms with van der Waals surface area (Å²) >= 11 is 1.95. The van der Waals surface area contributed by atoms with Gasteiger partial charge in [0, 0.05) is 0 Å². The first-order valence-electron chi connectivity index (χ1n) is 3.60. The van der Waals surface area contributed by atoms with Crippen molar-refractivity contribution in [2.75, 3.05) is 0 Å². The van der Waals surface area contributed by atoms with Crippen molar-refractivity contribution >= 4 is 22.6 Å². The van der Waals surface area contributed by atoms with E-state index in [4.69, 9.17) is 0 Å². The van der Waals surface area contributed by atoms with Gasteiger partial charge in [0.05, 0.1) is 9.77 Å². The van der Waals surface area contributed by atoms with E-state index in [1.165, 1.54) is 0 Å². The summed E-state index contributed by atoms with van der Waals surface area (Å²) in [6.07, 6.45) is 1.62. The summed E-state index contributed by atoms with van der Waals surface area (Å²) in [6, 6.07) is 0. The van der Waals surface area contributed by atoms with Crippen LogP contribution in [0, 0.1) is 9.52 Å². The normalized spacial score (nSPS) is 11.8. The van der Waals surface area contributed by atoms with Gasteiger partial charge in [-0.1, -0.05) is 20.8 Å². The molecular weight excluding hydrogens is 270 g/mol. The standard InChI is InChI=1S/C8H10FIN2/c1-8(2,3)5-4-11-12-7(9)6(5)10/h4H,1-3H3. The molecule has 0 aliphatic heterocycles. The van der Waals surface area contributed by atoms with Gasteiger partial charge in [0.1, 0.15) is 0 Å². The molecule has 4 heteroatoms. The van der Waals surface area contributed by atoms with Crippen LogP contribution in [0.2, 0.25) is 0 Å². The van der Waals surface area contributed by atoms with Crippen LogP contribution in [0.5, 0.6) is 0 Å². The molecule has 0 amide bonds. The van der Waals surface area contributed by atoms with Crippen molar-refractivity contribution in [1.82, 2.24) is 10.2 Å². The van der Waals surface area contributed by atoms with E-state index < -0.39 is 5.95 Å². The molecule has 0 saturated heterocycles. The number of rotatable bonds is 0. The molecule has 1 heterocycles. The maximum atomic E-state index is 12.9. The molecule has 0 saturated carbocycles. The fraction of sp³-hybridized carbons (Fsp3) is 0.500. The molecule has 66 valence electrons. The second-order valence-electron chi connectivity index (χ2n) is 3.61. The molecule has 0 bridgehead atoms. The smallest absolute Gasteiger partial charge is 0.182 e. The Morgan fingerprint density at radius 1 is 1.42 bits per heavy atom. The molecule has 0 aliphatic rings. The van der Waals surface area contributed by atoms with Crippen molar-refractivity contribution in [3.63, 3.8) is 0 Å². The number of halogens is 2. The highest BCUT2D eigenvalue weighted by atomic mass is 127. The first-order chi connectivity index (χ1) is 5.43. The summed E-state index contributed by atoms with van der Waals surface area (Å²) in [7, 11) is 0. The van der Waals surface area contributed by atoms with Crippen LogP contribution < -0.4 is 0 Å². The number of nitrogens with zero attached hydrogens (tertiary/aromatic N) is 2. The Morgan fingerprint density at radius 2 is 2.00 bits per heavy atom. The molecule has 12 heavy (non-hydrogen) atoms. The van der Waals surface area contributed by atoms with Crippen LogP contribution in [0.4, 0.5) is 4.39 Å². The maximum absolute atomic E-state index is 12.9. The van der Waals surface area contributed by atoms with Gasteiger partial charge in [0.25, 0.3) is 0 Å². The molecule has 0 spiro atoms. The summed E-state index contributed by atoms with van der Waals surface area (Å²) in [4.78, 5) is 0. The van der Waals surface area contributed by atoms with Gasteiger partial charge in [-0.25, -0.2) is 0 Å². The van der Waals surface area contributed by atoms with Crippen molar-refractivity contribution in [1.29, 1.82) is 0 Å². The quantitative estimate of drug-likeness (QED) is 0.682. The second-order valence-corrected chi connectivity index (χ2v) is 4.69. The first-order valence-corrected chi connectivity index (χ1v) is 4.68. The van der Waals surface area contributed by atoms with E-state index in [9.17, 15) is 4.39 Å². The third-order valence-corrected chi connectivity index (χ3v) is 2.58. The molecule has 0 fully saturated rings. The van der Waals surface area contributed by atoms with Gasteiger partial charge in [-0.15, -0.1) is 5.10 Å². The third kappa shape index (κ3) is 1.91. The van der Waals surface area contributed by atoms with E-state index in [-0.39, 0.29) is 5.41 Å². The lowest BCUT2D eigenvalue weighted by Crippen LogP contribution is -2.15. The molecule has 0 aromatic carbocycles. The Labute approximate surface area is 84.7 Å². The van der Waals surface area contributed by atoms with Gasteiger partial charge in [-0.05, 0) is 33.6 Å². The van der Waals surface area contributed by atoms with E-state index >= 15 is 0 Å². The zero-order valence-electron chi connectivity index (χ0n) is 7.23. The topological polar surface area (TPSA) is 25.8 Å². The highest BCUT2D eigenvalue weighted by Gasteiger charge is 2.19. The Bertz CT molecular complexity index is 294. The molecule has 0 aliphatic carbocycles. The van der Waals surface area contributed by atoms with E-state index in [0.29, 0.717) is 3.57 Å². The van der Waals surface area contributed by atoms with Crippen LogP contribution in [0.3, 0.4) is 0 Å². The summed E-state index contributed by atoms with van der Waals surface area (Å²) in [5, 5.41) is 6.91. The Balaban J connectivity index is 3.26. The van der Waals surface area contributed by atoms with Crippen molar-refractivity contribution in [2.24, 2.45) is 0 Å². The van der Waals surface area contributed by atoms with Crippen LogP contribution in [-0.4, -0.2) is 10.2 Å². The van der Waals surface area contributed by atoms with E-state index in [1.54, 1.807) is 6.20 Å². The van der Waals surface area contributed by atoms with Crippen LogP contribution in [0.15, 0.2) is 6.20 Å². The lowest BCUT2D eigenvalue weighted by molar-refractivity contribution is 0.522. The van der Waals surface area contributed by atoms with E-state index in [2.05, 4.69) is 10.2 Å². The molecule has 1 aromatic heterocycles. The fourth-order valence-electron chi connectivity index (χ4n) is 0.872. The average Bonchev–Trinajstić information content (AvgIpc) is 1.92. The van der Waals surface area contributed by atoms with E-state index in [1.807, 2.05) is 43.4 Å². The monoisotopic (exact) mass is 280 g/mol. The summed E-state index contributed by atoms with van der Waals surface area (Å²) in [6.45, 7) is 6.06. The zero-order valence-corrected chi connectivity index (χ0v) is 9.39. The molecule has 1 aromatic rings. The molecule has 0 unspecified atom stereocenters. The molecule has 0 radical (unpaired) electrons. The number of aromatic nitrogens is 2. The summed E-state index contributed by atoms with van der Waals surface area (Å²) in [5.41, 5.74) is 0.823. The highest BCUT2D eigenvalue weighted by molar-refractivity contribution is 14.1. The SMILES string of the molecule is CC(C)(C)c1cnnc(F)c1I. The predicted octanol–water partition coefficient (Wildman–Crippen LogP) is 2.52. The molecule has 0 N–H and O–H groups in total. The van der Waals surface area contributed by atoms with Crippen LogP contribution in [0.1, 0.15) is 26.3 Å². The van der Waals surface area contributed by atoms with Crippen LogP contribution >= 0.6 is 22.6 Å². The minimum absolute atomic E-state index is 0.0761. The first kappa shape index (κ1) is 9.83. The van der Waals surface area contributed by atoms with Crippen LogP contribution in [0.25, 0.3) is 0 Å². The minimum atomic E-state index is -0.483. The third-order valence-electron chi connectivity index (χ3n) is 1.56. The lowest BCUT2D eigenvalue weighted by Gasteiger charge is -2.19. The lowest BCUT2D eigenvalue weighted by atomic mass is 9.89. The highest BCUT2D eigenvalue weighted by Crippen LogP contribution is 2.26. The molecule has 1 rings (SSSR count). The summed E-state index contributed by atoms with van der Waals surface area (Å²) in [5.74, 6) is -0.483. The molecule has 0 atom stereocenters. The Kier molecular flexibility index (Phi) is 2.65. The van der Waals surface area contributed by atoms with Crippen molar-refractivity contribution in [3.8, 4) is 0 Å².